The van der Waals surface area contributed by atoms with Gasteiger partial charge in [-0.3, -0.25) is 0 Å². The van der Waals surface area contributed by atoms with Crippen LogP contribution in [-0.4, -0.2) is 19.8 Å². The molecule has 1 unspecified atom stereocenters. The molecule has 0 aromatic heterocycles. The van der Waals surface area contributed by atoms with Crippen molar-refractivity contribution in [2.24, 2.45) is 11.7 Å². The zero-order chi connectivity index (χ0) is 15.2. The number of rotatable bonds is 8. The number of nitrogens with two attached hydrogens (primary N) is 1. The fourth-order valence-electron chi connectivity index (χ4n) is 2.46. The summed E-state index contributed by atoms with van der Waals surface area (Å²) in [6, 6.07) is 6.03. The predicted octanol–water partition coefficient (Wildman–Crippen LogP) is 3.79. The van der Waals surface area contributed by atoms with Crippen LogP contribution in [-0.2, 0) is 6.42 Å². The maximum Gasteiger partial charge on any atom is 0.160 e. The molecule has 1 rings (SSSR count). The van der Waals surface area contributed by atoms with Gasteiger partial charge < -0.3 is 15.2 Å². The topological polar surface area (TPSA) is 44.5 Å². The number of ether oxygens (including phenoxy) is 2. The van der Waals surface area contributed by atoms with Crippen LogP contribution in [0.5, 0.6) is 11.5 Å². The molecule has 0 aliphatic carbocycles. The highest BCUT2D eigenvalue weighted by Gasteiger charge is 2.19. The van der Waals surface area contributed by atoms with Gasteiger partial charge in [-0.1, -0.05) is 32.8 Å². The van der Waals surface area contributed by atoms with E-state index in [0.717, 1.165) is 30.3 Å². The van der Waals surface area contributed by atoms with Crippen LogP contribution in [0.3, 0.4) is 0 Å². The van der Waals surface area contributed by atoms with E-state index in [9.17, 15) is 0 Å². The maximum absolute atomic E-state index is 6.43. The summed E-state index contributed by atoms with van der Waals surface area (Å²) in [5.74, 6) is 2.27. The molecule has 0 aliphatic rings. The summed E-state index contributed by atoms with van der Waals surface area (Å²) >= 11 is 0. The van der Waals surface area contributed by atoms with Gasteiger partial charge in [-0.2, -0.15) is 0 Å². The summed E-state index contributed by atoms with van der Waals surface area (Å²) in [7, 11) is 3.31. The van der Waals surface area contributed by atoms with Gasteiger partial charge in [0.1, 0.15) is 0 Å². The molecule has 0 spiro atoms. The van der Waals surface area contributed by atoms with Crippen molar-refractivity contribution in [3.63, 3.8) is 0 Å². The average Bonchev–Trinajstić information content (AvgIpc) is 2.37. The number of methoxy groups -OCH3 is 2. The summed E-state index contributed by atoms with van der Waals surface area (Å²) in [4.78, 5) is 0. The molecule has 3 nitrogen and oxygen atoms in total. The van der Waals surface area contributed by atoms with Crippen LogP contribution in [0.1, 0.15) is 45.6 Å². The zero-order valence-corrected chi connectivity index (χ0v) is 13.5. The van der Waals surface area contributed by atoms with E-state index in [-0.39, 0.29) is 5.54 Å². The van der Waals surface area contributed by atoms with Gasteiger partial charge in [0.15, 0.2) is 11.5 Å². The first-order valence-electron chi connectivity index (χ1n) is 7.38. The molecule has 0 bridgehead atoms. The first kappa shape index (κ1) is 16.8. The van der Waals surface area contributed by atoms with Gasteiger partial charge in [0.05, 0.1) is 14.2 Å². The van der Waals surface area contributed by atoms with Crippen LogP contribution in [0.2, 0.25) is 0 Å². The highest BCUT2D eigenvalue weighted by molar-refractivity contribution is 5.43. The van der Waals surface area contributed by atoms with E-state index in [1.54, 1.807) is 14.2 Å². The molecular weight excluding hydrogens is 250 g/mol. The minimum absolute atomic E-state index is 0.172. The van der Waals surface area contributed by atoms with E-state index in [4.69, 9.17) is 15.2 Å². The van der Waals surface area contributed by atoms with E-state index >= 15 is 0 Å². The summed E-state index contributed by atoms with van der Waals surface area (Å²) in [6.07, 6.45) is 4.31. The summed E-state index contributed by atoms with van der Waals surface area (Å²) < 4.78 is 10.6. The Hall–Kier alpha value is -1.22. The highest BCUT2D eigenvalue weighted by atomic mass is 16.5. The summed E-state index contributed by atoms with van der Waals surface area (Å²) in [5, 5.41) is 0. The van der Waals surface area contributed by atoms with Crippen molar-refractivity contribution in [1.29, 1.82) is 0 Å². The van der Waals surface area contributed by atoms with Gasteiger partial charge in [-0.05, 0) is 43.4 Å². The van der Waals surface area contributed by atoms with E-state index in [2.05, 4.69) is 26.8 Å². The Labute approximate surface area is 123 Å². The molecule has 0 radical (unpaired) electrons. The Morgan fingerprint density at radius 3 is 2.35 bits per heavy atom. The van der Waals surface area contributed by atoms with Crippen molar-refractivity contribution in [2.75, 3.05) is 14.2 Å². The fourth-order valence-corrected chi connectivity index (χ4v) is 2.46. The second kappa shape index (κ2) is 7.53. The molecule has 1 atom stereocenters. The van der Waals surface area contributed by atoms with E-state index in [0.29, 0.717) is 0 Å². The van der Waals surface area contributed by atoms with Gasteiger partial charge in [-0.25, -0.2) is 0 Å². The zero-order valence-electron chi connectivity index (χ0n) is 13.5. The van der Waals surface area contributed by atoms with Crippen molar-refractivity contribution in [1.82, 2.24) is 0 Å². The molecule has 1 aromatic rings. The van der Waals surface area contributed by atoms with Crippen molar-refractivity contribution >= 4 is 0 Å². The lowest BCUT2D eigenvalue weighted by molar-refractivity contribution is 0.353. The second-order valence-electron chi connectivity index (χ2n) is 6.31. The lowest BCUT2D eigenvalue weighted by Crippen LogP contribution is -2.38. The maximum atomic E-state index is 6.43. The molecule has 0 aliphatic heterocycles. The first-order valence-corrected chi connectivity index (χ1v) is 7.38. The number of hydrogen-bond donors (Lipinski definition) is 1. The third kappa shape index (κ3) is 5.41. The number of hydrogen-bond acceptors (Lipinski definition) is 3. The molecule has 0 saturated heterocycles. The van der Waals surface area contributed by atoms with Gasteiger partial charge in [0.25, 0.3) is 0 Å². The van der Waals surface area contributed by atoms with Crippen molar-refractivity contribution in [3.05, 3.63) is 23.8 Å². The standard InChI is InChI=1S/C17H29NO2/c1-13(2)7-6-10-17(3,18)12-14-8-9-15(19-4)16(11-14)20-5/h8-9,11,13H,6-7,10,12,18H2,1-5H3. The molecule has 114 valence electrons. The fraction of sp³-hybridized carbons (Fsp3) is 0.647. The molecule has 0 amide bonds. The summed E-state index contributed by atoms with van der Waals surface area (Å²) in [5.41, 5.74) is 7.44. The van der Waals surface area contributed by atoms with Gasteiger partial charge in [-0.15, -0.1) is 0 Å². The van der Waals surface area contributed by atoms with Gasteiger partial charge in [0, 0.05) is 5.54 Å². The highest BCUT2D eigenvalue weighted by Crippen LogP contribution is 2.29. The first-order chi connectivity index (χ1) is 9.38. The quantitative estimate of drug-likeness (QED) is 0.787. The van der Waals surface area contributed by atoms with E-state index in [1.165, 1.54) is 18.4 Å². The average molecular weight is 279 g/mol. The second-order valence-corrected chi connectivity index (χ2v) is 6.31. The molecular formula is C17H29NO2. The van der Waals surface area contributed by atoms with Crippen molar-refractivity contribution < 1.29 is 9.47 Å². The Kier molecular flexibility index (Phi) is 6.34. The third-order valence-electron chi connectivity index (χ3n) is 3.59. The number of benzene rings is 1. The molecule has 1 aromatic carbocycles. The molecule has 20 heavy (non-hydrogen) atoms. The third-order valence-corrected chi connectivity index (χ3v) is 3.59. The van der Waals surface area contributed by atoms with E-state index in [1.807, 2.05) is 12.1 Å². The lowest BCUT2D eigenvalue weighted by atomic mass is 9.87. The Balaban J connectivity index is 2.66. The van der Waals surface area contributed by atoms with Crippen LogP contribution in [0, 0.1) is 5.92 Å². The normalized spacial score (nSPS) is 14.2. The smallest absolute Gasteiger partial charge is 0.160 e. The minimum Gasteiger partial charge on any atom is -0.493 e. The minimum atomic E-state index is -0.172. The Bertz CT molecular complexity index is 413. The van der Waals surface area contributed by atoms with Gasteiger partial charge in [0.2, 0.25) is 0 Å². The predicted molar refractivity (Wildman–Crippen MR) is 84.5 cm³/mol. The molecule has 0 fully saturated rings. The SMILES string of the molecule is COc1ccc(CC(C)(N)CCCC(C)C)cc1OC. The summed E-state index contributed by atoms with van der Waals surface area (Å²) in [6.45, 7) is 6.63. The lowest BCUT2D eigenvalue weighted by Gasteiger charge is -2.25. The van der Waals surface area contributed by atoms with E-state index < -0.39 is 0 Å². The molecule has 2 N–H and O–H groups in total. The van der Waals surface area contributed by atoms with Crippen LogP contribution in [0.25, 0.3) is 0 Å². The van der Waals surface area contributed by atoms with Crippen LogP contribution in [0.4, 0.5) is 0 Å². The van der Waals surface area contributed by atoms with Crippen molar-refractivity contribution in [3.8, 4) is 11.5 Å². The molecule has 3 heteroatoms. The van der Waals surface area contributed by atoms with Crippen LogP contribution < -0.4 is 15.2 Å². The Morgan fingerprint density at radius 2 is 1.80 bits per heavy atom. The Morgan fingerprint density at radius 1 is 1.15 bits per heavy atom. The molecule has 0 saturated carbocycles. The monoisotopic (exact) mass is 279 g/mol. The van der Waals surface area contributed by atoms with Crippen molar-refractivity contribution in [2.45, 2.75) is 52.0 Å². The van der Waals surface area contributed by atoms with Crippen LogP contribution in [0.15, 0.2) is 18.2 Å². The van der Waals surface area contributed by atoms with Gasteiger partial charge >= 0.3 is 0 Å². The largest absolute Gasteiger partial charge is 0.493 e. The molecule has 0 heterocycles. The van der Waals surface area contributed by atoms with Crippen LogP contribution >= 0.6 is 0 Å².